The first-order valence-corrected chi connectivity index (χ1v) is 14.3. The third-order valence-electron chi connectivity index (χ3n) is 7.88. The van der Waals surface area contributed by atoms with E-state index in [0.717, 1.165) is 36.4 Å². The van der Waals surface area contributed by atoms with Gasteiger partial charge in [-0.05, 0) is 43.4 Å². The zero-order chi connectivity index (χ0) is 31.4. The lowest BCUT2D eigenvalue weighted by Crippen LogP contribution is -2.48. The fraction of sp³-hybridized carbons (Fsp3) is 0.273. The molecule has 228 valence electrons. The Morgan fingerprint density at radius 1 is 0.955 bits per heavy atom. The third kappa shape index (κ3) is 6.25. The summed E-state index contributed by atoms with van der Waals surface area (Å²) in [6.45, 7) is 3.58. The molecule has 1 saturated heterocycles. The second-order valence-corrected chi connectivity index (χ2v) is 10.7. The minimum absolute atomic E-state index is 0.00408. The van der Waals surface area contributed by atoms with Gasteiger partial charge in [0, 0.05) is 49.9 Å². The van der Waals surface area contributed by atoms with Crippen LogP contribution in [0.3, 0.4) is 0 Å². The predicted octanol–water partition coefficient (Wildman–Crippen LogP) is 3.11. The highest BCUT2D eigenvalue weighted by atomic mass is 16.5. The maximum absolute atomic E-state index is 13.0. The second kappa shape index (κ2) is 13.2. The van der Waals surface area contributed by atoms with E-state index in [-0.39, 0.29) is 23.9 Å². The summed E-state index contributed by atoms with van der Waals surface area (Å²) < 4.78 is 5.95. The number of aliphatic imine (C=N–C) groups is 1. The lowest BCUT2D eigenvalue weighted by molar-refractivity contribution is -0.119. The summed E-state index contributed by atoms with van der Waals surface area (Å²) in [7, 11) is 5.11. The molecule has 5 rings (SSSR count). The summed E-state index contributed by atoms with van der Waals surface area (Å²) in [5, 5.41) is 12.0. The Labute approximate surface area is 255 Å². The van der Waals surface area contributed by atoms with Crippen LogP contribution in [0, 0.1) is 0 Å². The van der Waals surface area contributed by atoms with E-state index < -0.39 is 11.9 Å². The number of rotatable bonds is 8. The molecular formula is C33H36N6O5. The van der Waals surface area contributed by atoms with Crippen molar-refractivity contribution in [3.63, 3.8) is 0 Å². The lowest BCUT2D eigenvalue weighted by Gasteiger charge is -2.32. The Balaban J connectivity index is 1.54. The van der Waals surface area contributed by atoms with Gasteiger partial charge in [-0.3, -0.25) is 14.5 Å². The molecule has 1 aromatic heterocycles. The highest BCUT2D eigenvalue weighted by Crippen LogP contribution is 2.35. The smallest absolute Gasteiger partial charge is 0.337 e. The number of hydrogen-bond acceptors (Lipinski definition) is 9. The molecular weight excluding hydrogens is 560 g/mol. The number of carbonyl (C=O) groups is 3. The number of nitrogens with zero attached hydrogens (tertiary/aromatic N) is 5. The van der Waals surface area contributed by atoms with Crippen molar-refractivity contribution < 1.29 is 24.2 Å². The van der Waals surface area contributed by atoms with E-state index in [1.54, 1.807) is 36.2 Å². The number of esters is 1. The van der Waals surface area contributed by atoms with Crippen LogP contribution in [0.2, 0.25) is 0 Å². The van der Waals surface area contributed by atoms with Gasteiger partial charge in [-0.15, -0.1) is 0 Å². The number of ether oxygens (including phenoxy) is 1. The molecule has 0 aliphatic carbocycles. The predicted molar refractivity (Wildman–Crippen MR) is 170 cm³/mol. The molecule has 0 radical (unpaired) electrons. The number of benzene rings is 3. The van der Waals surface area contributed by atoms with Gasteiger partial charge in [0.2, 0.25) is 17.7 Å². The van der Waals surface area contributed by atoms with Crippen molar-refractivity contribution in [2.75, 3.05) is 65.4 Å². The third-order valence-corrected chi connectivity index (χ3v) is 7.88. The van der Waals surface area contributed by atoms with Crippen molar-refractivity contribution >= 4 is 45.8 Å². The largest absolute Gasteiger partial charge is 0.494 e. The molecule has 1 aliphatic rings. The molecule has 2 heterocycles. The lowest BCUT2D eigenvalue weighted by atomic mass is 10.00. The minimum atomic E-state index is -0.579. The minimum Gasteiger partial charge on any atom is -0.494 e. The van der Waals surface area contributed by atoms with Crippen LogP contribution < -0.4 is 10.6 Å². The van der Waals surface area contributed by atoms with E-state index in [2.05, 4.69) is 16.8 Å². The number of aromatic hydroxyl groups is 1. The molecule has 0 saturated carbocycles. The highest BCUT2D eigenvalue weighted by molar-refractivity contribution is 6.23. The van der Waals surface area contributed by atoms with Crippen molar-refractivity contribution in [3.05, 3.63) is 89.5 Å². The number of methoxy groups -OCH3 is 1. The van der Waals surface area contributed by atoms with Crippen molar-refractivity contribution in [1.29, 1.82) is 0 Å². The first-order valence-electron chi connectivity index (χ1n) is 14.3. The number of hydrogen-bond donors (Lipinski definition) is 2. The Morgan fingerprint density at radius 2 is 1.64 bits per heavy atom. The van der Waals surface area contributed by atoms with Crippen LogP contribution in [0.15, 0.2) is 77.8 Å². The Kier molecular flexibility index (Phi) is 9.19. The maximum Gasteiger partial charge on any atom is 0.337 e. The molecule has 1 aliphatic heterocycles. The van der Waals surface area contributed by atoms with Crippen LogP contribution >= 0.6 is 0 Å². The van der Waals surface area contributed by atoms with E-state index in [4.69, 9.17) is 15.5 Å². The van der Waals surface area contributed by atoms with Gasteiger partial charge in [-0.2, -0.15) is 0 Å². The van der Waals surface area contributed by atoms with Crippen LogP contribution in [0.1, 0.15) is 26.3 Å². The van der Waals surface area contributed by atoms with Gasteiger partial charge in [0.15, 0.2) is 0 Å². The Hall–Kier alpha value is -4.84. The molecule has 1 fully saturated rings. The number of piperazine rings is 1. The van der Waals surface area contributed by atoms with Gasteiger partial charge in [0.1, 0.15) is 0 Å². The van der Waals surface area contributed by atoms with Crippen molar-refractivity contribution in [1.82, 2.24) is 14.4 Å². The summed E-state index contributed by atoms with van der Waals surface area (Å²) in [4.78, 5) is 49.2. The average Bonchev–Trinajstić information content (AvgIpc) is 3.34. The number of aromatic nitrogens is 1. The van der Waals surface area contributed by atoms with Crippen LogP contribution in [0.5, 0.6) is 5.88 Å². The molecule has 0 spiro atoms. The van der Waals surface area contributed by atoms with E-state index in [1.165, 1.54) is 13.2 Å². The molecule has 11 heteroatoms. The zero-order valence-electron chi connectivity index (χ0n) is 25.1. The van der Waals surface area contributed by atoms with Gasteiger partial charge < -0.3 is 25.4 Å². The molecule has 0 bridgehead atoms. The fourth-order valence-electron chi connectivity index (χ4n) is 5.28. The van der Waals surface area contributed by atoms with E-state index in [9.17, 15) is 19.5 Å². The first-order chi connectivity index (χ1) is 21.2. The number of anilines is 1. The summed E-state index contributed by atoms with van der Waals surface area (Å²) in [6.07, 6.45) is 0. The summed E-state index contributed by atoms with van der Waals surface area (Å²) >= 11 is 0. The number of carbonyl (C=O) groups excluding carboxylic acids is 3. The molecule has 44 heavy (non-hydrogen) atoms. The number of nitrogens with two attached hydrogens (primary N) is 1. The number of fused-ring (bicyclic) bond motifs is 1. The molecule has 4 aromatic rings. The molecule has 0 atom stereocenters. The first kappa shape index (κ1) is 30.6. The maximum atomic E-state index is 13.0. The standard InChI is InChI=1S/C33H36N6O5/c1-36-15-17-38(18-16-36)21-29(41)37(2)25-12-10-24(11-13-25)35-31(22-7-5-4-6-8-22)30-26-14-9-23(33(43)44-3)19-27(26)39(32(30)42)28(40)20-34/h4-14,19,42H,15-18,20-21,34H2,1-3H3. The van der Waals surface area contributed by atoms with Gasteiger partial charge in [-0.1, -0.05) is 36.4 Å². The summed E-state index contributed by atoms with van der Waals surface area (Å²) in [5.41, 5.74) is 8.93. The van der Waals surface area contributed by atoms with Crippen LogP contribution in [0.4, 0.5) is 11.4 Å². The molecule has 0 unspecified atom stereocenters. The Morgan fingerprint density at radius 3 is 2.27 bits per heavy atom. The number of likely N-dealkylation sites (N-methyl/N-ethyl adjacent to an activating group) is 2. The molecule has 3 N–H and O–H groups in total. The highest BCUT2D eigenvalue weighted by Gasteiger charge is 2.26. The van der Waals surface area contributed by atoms with Gasteiger partial charge in [0.25, 0.3) is 0 Å². The topological polar surface area (TPSA) is 134 Å². The SMILES string of the molecule is COC(=O)c1ccc2c(C(=Nc3ccc(N(C)C(=O)CN4CCN(C)CC4)cc3)c3ccccc3)c(O)n(C(=O)CN)c2c1. The van der Waals surface area contributed by atoms with E-state index in [1.807, 2.05) is 42.5 Å². The zero-order valence-corrected chi connectivity index (χ0v) is 25.1. The molecule has 11 nitrogen and oxygen atoms in total. The molecule has 1 amide bonds. The van der Waals surface area contributed by atoms with Crippen LogP contribution in [0.25, 0.3) is 10.9 Å². The van der Waals surface area contributed by atoms with Crippen LogP contribution in [-0.4, -0.2) is 103 Å². The van der Waals surface area contributed by atoms with Crippen LogP contribution in [-0.2, 0) is 9.53 Å². The quantitative estimate of drug-likeness (QED) is 0.234. The van der Waals surface area contributed by atoms with Crippen molar-refractivity contribution in [2.45, 2.75) is 0 Å². The Bertz CT molecular complexity index is 1710. The van der Waals surface area contributed by atoms with Crippen molar-refractivity contribution in [2.24, 2.45) is 10.7 Å². The summed E-state index contributed by atoms with van der Waals surface area (Å²) in [5.74, 6) is -1.47. The normalized spacial score (nSPS) is 14.5. The van der Waals surface area contributed by atoms with Gasteiger partial charge in [-0.25, -0.2) is 14.4 Å². The number of amides is 1. The molecule has 3 aromatic carbocycles. The fourth-order valence-corrected chi connectivity index (χ4v) is 5.28. The monoisotopic (exact) mass is 596 g/mol. The average molecular weight is 597 g/mol. The van der Waals surface area contributed by atoms with E-state index in [0.29, 0.717) is 40.0 Å². The van der Waals surface area contributed by atoms with E-state index >= 15 is 0 Å². The van der Waals surface area contributed by atoms with Gasteiger partial charge >= 0.3 is 5.97 Å². The van der Waals surface area contributed by atoms with Gasteiger partial charge in [0.05, 0.1) is 48.2 Å². The summed E-state index contributed by atoms with van der Waals surface area (Å²) in [6, 6.07) is 21.3. The second-order valence-electron chi connectivity index (χ2n) is 10.7. The van der Waals surface area contributed by atoms with Crippen molar-refractivity contribution in [3.8, 4) is 5.88 Å².